The number of nitrogens with zero attached hydrogens (tertiary/aromatic N) is 3. The summed E-state index contributed by atoms with van der Waals surface area (Å²) >= 11 is 0. The summed E-state index contributed by atoms with van der Waals surface area (Å²) in [6.45, 7) is 4.48. The van der Waals surface area contributed by atoms with Gasteiger partial charge in [0.2, 0.25) is 0 Å². The molecule has 0 aromatic heterocycles. The van der Waals surface area contributed by atoms with Crippen LogP contribution in [0.5, 0.6) is 0 Å². The molecule has 8 nitrogen and oxygen atoms in total. The molecule has 4 rings (SSSR count). The van der Waals surface area contributed by atoms with Crippen LogP contribution in [0.1, 0.15) is 35.4 Å². The number of hydrogen-bond acceptors (Lipinski definition) is 4. The number of carbonyl (C=O) groups is 1. The van der Waals surface area contributed by atoms with Gasteiger partial charge in [0.25, 0.3) is 16.8 Å². The zero-order valence-electron chi connectivity index (χ0n) is 25.4. The Bertz CT molecular complexity index is 1640. The van der Waals surface area contributed by atoms with Gasteiger partial charge in [0.15, 0.2) is 0 Å². The Morgan fingerprint density at radius 3 is 2.19 bits per heavy atom. The molecule has 0 saturated carbocycles. The van der Waals surface area contributed by atoms with E-state index in [1.165, 1.54) is 66.7 Å². The van der Waals surface area contributed by atoms with E-state index in [1.54, 1.807) is 0 Å². The number of nitrogens with one attached hydrogen (secondary N) is 2. The van der Waals surface area contributed by atoms with Gasteiger partial charge >= 0.3 is 18.1 Å². The topological polar surface area (TPSA) is 86.1 Å². The molecular weight excluding hydrogens is 648 g/mol. The van der Waals surface area contributed by atoms with Crippen LogP contribution in [0.4, 0.5) is 32.0 Å². The molecular formula is C32H34F6N5O3S+. The summed E-state index contributed by atoms with van der Waals surface area (Å²) in [4.78, 5) is 17.4. The van der Waals surface area contributed by atoms with Gasteiger partial charge < -0.3 is 10.6 Å². The highest BCUT2D eigenvalue weighted by molar-refractivity contribution is 7.86. The van der Waals surface area contributed by atoms with Crippen molar-refractivity contribution >= 4 is 21.8 Å². The molecule has 2 N–H and O–H groups in total. The second-order valence-corrected chi connectivity index (χ2v) is 13.2. The zero-order chi connectivity index (χ0) is 34.4. The second kappa shape index (κ2) is 15.3. The number of alkyl halides is 3. The molecule has 252 valence electrons. The first kappa shape index (κ1) is 35.9. The number of piperazine rings is 1. The lowest BCUT2D eigenvalue weighted by Gasteiger charge is -2.37. The van der Waals surface area contributed by atoms with Gasteiger partial charge in [-0.25, -0.2) is 13.2 Å². The molecule has 0 bridgehead atoms. The normalized spacial score (nSPS) is 16.6. The molecule has 2 atom stereocenters. The van der Waals surface area contributed by atoms with Crippen LogP contribution in [-0.2, 0) is 21.4 Å². The fourth-order valence-corrected chi connectivity index (χ4v) is 7.20. The maximum atomic E-state index is 15.1. The zero-order valence-corrected chi connectivity index (χ0v) is 26.2. The average molecular weight is 683 g/mol. The van der Waals surface area contributed by atoms with Gasteiger partial charge in [-0.15, -0.1) is 0 Å². The summed E-state index contributed by atoms with van der Waals surface area (Å²) in [5.74, 6) is -3.26. The highest BCUT2D eigenvalue weighted by atomic mass is 32.2. The summed E-state index contributed by atoms with van der Waals surface area (Å²) in [6.07, 6.45) is -4.25. The Balaban J connectivity index is 1.52. The summed E-state index contributed by atoms with van der Waals surface area (Å²) in [7, 11) is -3.56. The molecule has 1 heterocycles. The summed E-state index contributed by atoms with van der Waals surface area (Å²) in [5, 5.41) is 5.71. The Morgan fingerprint density at radius 1 is 1.04 bits per heavy atom. The molecule has 0 spiro atoms. The SMILES string of the molecule is C#[N+]C(C(=O)Nc1cccc(F)c1CCCC1CNCCN1S(=O)(=O)N(C)CC(F)(F)F)C(c1ccc(F)cc1)c1ccc(F)cc1. The van der Waals surface area contributed by atoms with Crippen LogP contribution in [-0.4, -0.2) is 74.4 Å². The van der Waals surface area contributed by atoms with Crippen LogP contribution in [0.3, 0.4) is 0 Å². The summed E-state index contributed by atoms with van der Waals surface area (Å²) < 4.78 is 109. The van der Waals surface area contributed by atoms with Crippen LogP contribution in [0.25, 0.3) is 4.85 Å². The molecule has 1 amide bonds. The van der Waals surface area contributed by atoms with E-state index < -0.39 is 64.3 Å². The standard InChI is InChI=1S/C32H33F6N5O3S/c1-39-30(29(21-9-13-23(33)14-10-21)22-11-15-24(34)16-12-22)31(44)41-28-8-4-7-27(35)26(28)6-3-5-25-19-40-17-18-43(25)47(45,46)42(2)20-32(36,37)38/h1,4,7-16,25,29-30,40H,3,5-6,17-20H2,2H3/p+1. The fraction of sp³-hybridized carbons (Fsp3) is 0.375. The Kier molecular flexibility index (Phi) is 11.7. The van der Waals surface area contributed by atoms with Crippen molar-refractivity contribution in [2.45, 2.75) is 43.4 Å². The van der Waals surface area contributed by atoms with Crippen LogP contribution >= 0.6 is 0 Å². The first-order chi connectivity index (χ1) is 22.2. The number of hydrogen-bond donors (Lipinski definition) is 2. The molecule has 3 aromatic rings. The Morgan fingerprint density at radius 2 is 1.64 bits per heavy atom. The maximum absolute atomic E-state index is 15.1. The molecule has 0 radical (unpaired) electrons. The largest absolute Gasteiger partial charge is 0.402 e. The Labute approximate surface area is 269 Å². The lowest BCUT2D eigenvalue weighted by atomic mass is 9.84. The number of halogens is 6. The molecule has 1 aliphatic heterocycles. The van der Waals surface area contributed by atoms with Gasteiger partial charge in [0.1, 0.15) is 24.0 Å². The third kappa shape index (κ3) is 9.10. The highest BCUT2D eigenvalue weighted by Crippen LogP contribution is 2.32. The minimum absolute atomic E-state index is 0.0382. The fourth-order valence-electron chi connectivity index (χ4n) is 5.66. The molecule has 2 unspecified atom stereocenters. The maximum Gasteiger partial charge on any atom is 0.402 e. The van der Waals surface area contributed by atoms with E-state index in [0.29, 0.717) is 11.1 Å². The number of rotatable bonds is 12. The van der Waals surface area contributed by atoms with Crippen molar-refractivity contribution in [2.24, 2.45) is 0 Å². The van der Waals surface area contributed by atoms with E-state index in [1.807, 2.05) is 0 Å². The molecule has 47 heavy (non-hydrogen) atoms. The number of carbonyl (C=O) groups excluding carboxylic acids is 1. The number of anilines is 1. The van der Waals surface area contributed by atoms with Crippen LogP contribution in [0, 0.1) is 24.0 Å². The molecule has 15 heteroatoms. The molecule has 3 aromatic carbocycles. The Hall–Kier alpha value is -3.97. The first-order valence-electron chi connectivity index (χ1n) is 14.7. The van der Waals surface area contributed by atoms with E-state index in [2.05, 4.69) is 15.5 Å². The van der Waals surface area contributed by atoms with E-state index in [4.69, 9.17) is 6.57 Å². The van der Waals surface area contributed by atoms with Crippen molar-refractivity contribution in [3.05, 3.63) is 106 Å². The minimum atomic E-state index is -4.72. The van der Waals surface area contributed by atoms with Crippen LogP contribution in [0.15, 0.2) is 66.7 Å². The van der Waals surface area contributed by atoms with Crippen molar-refractivity contribution in [3.63, 3.8) is 0 Å². The summed E-state index contributed by atoms with van der Waals surface area (Å²) in [6, 6.07) is 12.7. The molecule has 0 aliphatic carbocycles. The van der Waals surface area contributed by atoms with E-state index >= 15 is 4.39 Å². The average Bonchev–Trinajstić information content (AvgIpc) is 3.01. The first-order valence-corrected chi connectivity index (χ1v) is 16.1. The van der Waals surface area contributed by atoms with Crippen molar-refractivity contribution < 1.29 is 39.6 Å². The van der Waals surface area contributed by atoms with E-state index in [-0.39, 0.29) is 54.5 Å². The lowest BCUT2D eigenvalue weighted by molar-refractivity contribution is -0.134. The molecule has 1 saturated heterocycles. The quantitative estimate of drug-likeness (QED) is 0.246. The molecule has 1 fully saturated rings. The number of amides is 1. The lowest BCUT2D eigenvalue weighted by Crippen LogP contribution is -2.57. The monoisotopic (exact) mass is 682 g/mol. The highest BCUT2D eigenvalue weighted by Gasteiger charge is 2.41. The van der Waals surface area contributed by atoms with Gasteiger partial charge in [0, 0.05) is 44.0 Å². The van der Waals surface area contributed by atoms with Gasteiger partial charge in [0.05, 0.1) is 5.92 Å². The van der Waals surface area contributed by atoms with Crippen LogP contribution in [0.2, 0.25) is 0 Å². The van der Waals surface area contributed by atoms with Gasteiger partial charge in [-0.05, 0) is 66.8 Å². The molecule has 1 aliphatic rings. The number of benzene rings is 3. The smallest absolute Gasteiger partial charge is 0.319 e. The van der Waals surface area contributed by atoms with Crippen molar-refractivity contribution in [1.29, 1.82) is 0 Å². The van der Waals surface area contributed by atoms with Crippen molar-refractivity contribution in [3.8, 4) is 6.57 Å². The van der Waals surface area contributed by atoms with Crippen molar-refractivity contribution in [2.75, 3.05) is 38.5 Å². The minimum Gasteiger partial charge on any atom is -0.319 e. The predicted octanol–water partition coefficient (Wildman–Crippen LogP) is 5.54. The second-order valence-electron chi connectivity index (χ2n) is 11.2. The van der Waals surface area contributed by atoms with E-state index in [0.717, 1.165) is 11.4 Å². The third-order valence-electron chi connectivity index (χ3n) is 7.93. The summed E-state index contributed by atoms with van der Waals surface area (Å²) in [5.41, 5.74) is 1.16. The van der Waals surface area contributed by atoms with Gasteiger partial charge in [-0.2, -0.15) is 30.2 Å². The van der Waals surface area contributed by atoms with E-state index in [9.17, 15) is 35.2 Å². The van der Waals surface area contributed by atoms with Crippen LogP contribution < -0.4 is 10.6 Å². The van der Waals surface area contributed by atoms with Crippen molar-refractivity contribution in [1.82, 2.24) is 13.9 Å². The third-order valence-corrected chi connectivity index (χ3v) is 9.92. The predicted molar refractivity (Wildman–Crippen MR) is 166 cm³/mol. The van der Waals surface area contributed by atoms with Gasteiger partial charge in [-0.1, -0.05) is 35.2 Å². The van der Waals surface area contributed by atoms with Gasteiger partial charge in [-0.3, -0.25) is 4.79 Å².